The minimum atomic E-state index is -0.193. The van der Waals surface area contributed by atoms with Gasteiger partial charge in [-0.05, 0) is 25.5 Å². The average Bonchev–Trinajstić information content (AvgIpc) is 3.13. The van der Waals surface area contributed by atoms with Crippen LogP contribution in [0, 0.1) is 0 Å². The van der Waals surface area contributed by atoms with Crippen molar-refractivity contribution >= 4 is 16.9 Å². The van der Waals surface area contributed by atoms with Crippen molar-refractivity contribution in [1.29, 1.82) is 0 Å². The predicted molar refractivity (Wildman–Crippen MR) is 80.0 cm³/mol. The molecule has 2 heterocycles. The molecule has 1 amide bonds. The van der Waals surface area contributed by atoms with Gasteiger partial charge in [0.2, 0.25) is 5.91 Å². The summed E-state index contributed by atoms with van der Waals surface area (Å²) < 4.78 is 11.0. The zero-order valence-electron chi connectivity index (χ0n) is 12.3. The van der Waals surface area contributed by atoms with Crippen LogP contribution in [0.4, 0.5) is 0 Å². The highest BCUT2D eigenvalue weighted by atomic mass is 16.5. The molecule has 2 N–H and O–H groups in total. The lowest BCUT2D eigenvalue weighted by Gasteiger charge is -2.15. The van der Waals surface area contributed by atoms with E-state index in [2.05, 4.69) is 10.6 Å². The van der Waals surface area contributed by atoms with Gasteiger partial charge >= 0.3 is 0 Å². The van der Waals surface area contributed by atoms with E-state index in [-0.39, 0.29) is 24.1 Å². The first-order valence-corrected chi connectivity index (χ1v) is 7.22. The van der Waals surface area contributed by atoms with Crippen LogP contribution in [-0.2, 0) is 9.53 Å². The quantitative estimate of drug-likeness (QED) is 0.903. The molecular formula is C16H20N2O3. The zero-order valence-corrected chi connectivity index (χ0v) is 12.3. The Kier molecular flexibility index (Phi) is 3.94. The molecule has 1 aliphatic heterocycles. The lowest BCUT2D eigenvalue weighted by molar-refractivity contribution is -0.123. The normalized spacial score (nSPS) is 23.3. The summed E-state index contributed by atoms with van der Waals surface area (Å²) in [6, 6.07) is 9.45. The number of hydrogen-bond donors (Lipinski definition) is 2. The van der Waals surface area contributed by atoms with E-state index in [4.69, 9.17) is 9.15 Å². The fraction of sp³-hybridized carbons (Fsp3) is 0.438. The molecule has 1 fully saturated rings. The molecule has 1 aliphatic rings. The van der Waals surface area contributed by atoms with Crippen LogP contribution in [0.5, 0.6) is 0 Å². The first kappa shape index (κ1) is 14.1. The van der Waals surface area contributed by atoms with Crippen molar-refractivity contribution in [2.45, 2.75) is 31.5 Å². The van der Waals surface area contributed by atoms with E-state index < -0.39 is 0 Å². The van der Waals surface area contributed by atoms with Crippen LogP contribution in [0.25, 0.3) is 11.0 Å². The lowest BCUT2D eigenvalue weighted by Crippen LogP contribution is -2.41. The van der Waals surface area contributed by atoms with Crippen molar-refractivity contribution in [3.8, 4) is 0 Å². The SMILES string of the molecule is COC1CNC(C(=O)NC(C)c2cc3ccccc3o2)C1. The van der Waals surface area contributed by atoms with Crippen molar-refractivity contribution in [3.63, 3.8) is 0 Å². The Bertz CT molecular complexity index is 604. The Morgan fingerprint density at radius 3 is 3.00 bits per heavy atom. The van der Waals surface area contributed by atoms with Gasteiger partial charge in [0, 0.05) is 19.0 Å². The third kappa shape index (κ3) is 2.94. The van der Waals surface area contributed by atoms with Gasteiger partial charge in [0.25, 0.3) is 0 Å². The number of hydrogen-bond acceptors (Lipinski definition) is 4. The molecule has 3 rings (SSSR count). The highest BCUT2D eigenvalue weighted by Crippen LogP contribution is 2.23. The lowest BCUT2D eigenvalue weighted by atomic mass is 10.1. The number of ether oxygens (including phenoxy) is 1. The minimum Gasteiger partial charge on any atom is -0.459 e. The minimum absolute atomic E-state index is 0.0116. The molecule has 1 saturated heterocycles. The number of para-hydroxylation sites is 1. The van der Waals surface area contributed by atoms with E-state index in [1.165, 1.54) is 0 Å². The number of nitrogens with one attached hydrogen (secondary N) is 2. The largest absolute Gasteiger partial charge is 0.459 e. The number of rotatable bonds is 4. The number of carbonyl (C=O) groups excluding carboxylic acids is 1. The van der Waals surface area contributed by atoms with Crippen molar-refractivity contribution in [2.75, 3.05) is 13.7 Å². The molecule has 0 aliphatic carbocycles. The van der Waals surface area contributed by atoms with Gasteiger partial charge in [-0.15, -0.1) is 0 Å². The third-order valence-electron chi connectivity index (χ3n) is 3.97. The van der Waals surface area contributed by atoms with Crippen molar-refractivity contribution < 1.29 is 13.9 Å². The smallest absolute Gasteiger partial charge is 0.237 e. The number of furan rings is 1. The number of amides is 1. The number of methoxy groups -OCH3 is 1. The number of carbonyl (C=O) groups is 1. The van der Waals surface area contributed by atoms with Gasteiger partial charge in [-0.1, -0.05) is 18.2 Å². The Labute approximate surface area is 123 Å². The maximum atomic E-state index is 12.2. The van der Waals surface area contributed by atoms with E-state index in [0.29, 0.717) is 13.0 Å². The van der Waals surface area contributed by atoms with Crippen molar-refractivity contribution in [3.05, 3.63) is 36.1 Å². The van der Waals surface area contributed by atoms with E-state index >= 15 is 0 Å². The molecule has 1 aromatic heterocycles. The fourth-order valence-corrected chi connectivity index (χ4v) is 2.68. The van der Waals surface area contributed by atoms with Gasteiger partial charge in [0.05, 0.1) is 18.2 Å². The maximum Gasteiger partial charge on any atom is 0.237 e. The summed E-state index contributed by atoms with van der Waals surface area (Å²) in [5.41, 5.74) is 0.840. The average molecular weight is 288 g/mol. The molecule has 3 unspecified atom stereocenters. The van der Waals surface area contributed by atoms with Gasteiger partial charge in [-0.25, -0.2) is 0 Å². The summed E-state index contributed by atoms with van der Waals surface area (Å²) in [5, 5.41) is 7.21. The molecule has 5 nitrogen and oxygen atoms in total. The topological polar surface area (TPSA) is 63.5 Å². The van der Waals surface area contributed by atoms with Crippen LogP contribution in [-0.4, -0.2) is 31.7 Å². The Balaban J connectivity index is 1.65. The van der Waals surface area contributed by atoms with Crippen LogP contribution in [0.1, 0.15) is 25.1 Å². The maximum absolute atomic E-state index is 12.2. The predicted octanol–water partition coefficient (Wildman–Crippen LogP) is 1.99. The second-order valence-corrected chi connectivity index (χ2v) is 5.47. The molecule has 3 atom stereocenters. The molecule has 112 valence electrons. The molecule has 0 spiro atoms. The molecule has 0 bridgehead atoms. The second-order valence-electron chi connectivity index (χ2n) is 5.47. The van der Waals surface area contributed by atoms with Crippen molar-refractivity contribution in [2.24, 2.45) is 0 Å². The van der Waals surface area contributed by atoms with E-state index in [1.807, 2.05) is 37.3 Å². The number of benzene rings is 1. The summed E-state index contributed by atoms with van der Waals surface area (Å²) in [7, 11) is 1.67. The molecule has 21 heavy (non-hydrogen) atoms. The zero-order chi connectivity index (χ0) is 14.8. The van der Waals surface area contributed by atoms with E-state index in [0.717, 1.165) is 16.7 Å². The highest BCUT2D eigenvalue weighted by Gasteiger charge is 2.30. The summed E-state index contributed by atoms with van der Waals surface area (Å²) in [6.07, 6.45) is 0.817. The number of fused-ring (bicyclic) bond motifs is 1. The molecule has 0 saturated carbocycles. The molecule has 1 aromatic carbocycles. The van der Waals surface area contributed by atoms with E-state index in [9.17, 15) is 4.79 Å². The van der Waals surface area contributed by atoms with Gasteiger partial charge in [0.1, 0.15) is 11.3 Å². The summed E-state index contributed by atoms with van der Waals surface area (Å²) >= 11 is 0. The van der Waals surface area contributed by atoms with Gasteiger partial charge in [-0.2, -0.15) is 0 Å². The summed E-state index contributed by atoms with van der Waals surface area (Å²) in [4.78, 5) is 12.2. The standard InChI is InChI=1S/C16H20N2O3/c1-10(15-7-11-5-3-4-6-14(11)21-15)18-16(19)13-8-12(20-2)9-17-13/h3-7,10,12-13,17H,8-9H2,1-2H3,(H,18,19). The second kappa shape index (κ2) is 5.87. The van der Waals surface area contributed by atoms with Crippen molar-refractivity contribution in [1.82, 2.24) is 10.6 Å². The fourth-order valence-electron chi connectivity index (χ4n) is 2.68. The Hall–Kier alpha value is -1.85. The first-order valence-electron chi connectivity index (χ1n) is 7.22. The Morgan fingerprint density at radius 1 is 1.48 bits per heavy atom. The third-order valence-corrected chi connectivity index (χ3v) is 3.97. The van der Waals surface area contributed by atoms with E-state index in [1.54, 1.807) is 7.11 Å². The monoisotopic (exact) mass is 288 g/mol. The van der Waals surface area contributed by atoms with Crippen LogP contribution in [0.2, 0.25) is 0 Å². The summed E-state index contributed by atoms with van der Waals surface area (Å²) in [5.74, 6) is 0.758. The van der Waals surface area contributed by atoms with Gasteiger partial charge < -0.3 is 19.8 Å². The molecule has 0 radical (unpaired) electrons. The van der Waals surface area contributed by atoms with Crippen LogP contribution in [0.15, 0.2) is 34.7 Å². The van der Waals surface area contributed by atoms with Gasteiger partial charge in [0.15, 0.2) is 0 Å². The van der Waals surface area contributed by atoms with Crippen LogP contribution in [0.3, 0.4) is 0 Å². The highest BCUT2D eigenvalue weighted by molar-refractivity contribution is 5.83. The molecule has 2 aromatic rings. The first-order chi connectivity index (χ1) is 10.2. The molecular weight excluding hydrogens is 268 g/mol. The molecule has 5 heteroatoms. The van der Waals surface area contributed by atoms with Crippen LogP contribution < -0.4 is 10.6 Å². The van der Waals surface area contributed by atoms with Crippen LogP contribution >= 0.6 is 0 Å². The summed E-state index contributed by atoms with van der Waals surface area (Å²) in [6.45, 7) is 2.64. The van der Waals surface area contributed by atoms with Gasteiger partial charge in [-0.3, -0.25) is 4.79 Å². The Morgan fingerprint density at radius 2 is 2.29 bits per heavy atom.